The first-order valence-corrected chi connectivity index (χ1v) is 19.9. The van der Waals surface area contributed by atoms with Crippen LogP contribution >= 0.6 is 0 Å². The van der Waals surface area contributed by atoms with Crippen LogP contribution < -0.4 is 10.6 Å². The van der Waals surface area contributed by atoms with Gasteiger partial charge < -0.3 is 99.6 Å². The molecule has 3 fully saturated rings. The highest BCUT2D eigenvalue weighted by atomic mass is 16.8. The molecule has 24 nitrogen and oxygen atoms in total. The minimum absolute atomic E-state index is 0.0435. The Morgan fingerprint density at radius 3 is 2.03 bits per heavy atom. The molecule has 2 amide bonds. The van der Waals surface area contributed by atoms with E-state index in [-0.39, 0.29) is 19.2 Å². The summed E-state index contributed by atoms with van der Waals surface area (Å²) in [5, 5.41) is 111. The lowest BCUT2D eigenvalue weighted by atomic mass is 9.88. The van der Waals surface area contributed by atoms with Crippen molar-refractivity contribution in [3.63, 3.8) is 0 Å². The highest BCUT2D eigenvalue weighted by Gasteiger charge is 2.60. The van der Waals surface area contributed by atoms with Crippen LogP contribution in [0.4, 0.5) is 4.79 Å². The molecule has 0 radical (unpaired) electrons. The van der Waals surface area contributed by atoms with Crippen molar-refractivity contribution < 1.29 is 108 Å². The third-order valence-corrected chi connectivity index (χ3v) is 10.4. The monoisotopic (exact) mass is 886 g/mol. The second-order valence-corrected chi connectivity index (χ2v) is 14.9. The van der Waals surface area contributed by atoms with Crippen LogP contribution in [-0.4, -0.2) is 213 Å². The highest BCUT2D eigenvalue weighted by Crippen LogP contribution is 2.38. The van der Waals surface area contributed by atoms with Gasteiger partial charge in [-0.1, -0.05) is 38.3 Å². The van der Waals surface area contributed by atoms with Crippen molar-refractivity contribution in [3.05, 3.63) is 12.7 Å². The molecule has 3 aliphatic rings. The van der Waals surface area contributed by atoms with Crippen LogP contribution in [0, 0.1) is 0 Å². The summed E-state index contributed by atoms with van der Waals surface area (Å²) < 4.78 is 44.4. The predicted molar refractivity (Wildman–Crippen MR) is 201 cm³/mol. The van der Waals surface area contributed by atoms with E-state index in [2.05, 4.69) is 21.9 Å². The molecule has 3 aliphatic heterocycles. The molecule has 0 aliphatic carbocycles. The van der Waals surface area contributed by atoms with E-state index in [4.69, 9.17) is 33.2 Å². The molecule has 3 heterocycles. The van der Waals surface area contributed by atoms with Crippen molar-refractivity contribution in [2.24, 2.45) is 0 Å². The summed E-state index contributed by atoms with van der Waals surface area (Å²) in [7, 11) is 1.32. The summed E-state index contributed by atoms with van der Waals surface area (Å²) in [6.07, 6.45) is -20.9. The van der Waals surface area contributed by atoms with Crippen molar-refractivity contribution in [1.82, 2.24) is 10.6 Å². The van der Waals surface area contributed by atoms with Crippen molar-refractivity contribution in [3.8, 4) is 0 Å². The number of aliphatic hydroxyl groups excluding tert-OH is 9. The zero-order chi connectivity index (χ0) is 45.4. The van der Waals surface area contributed by atoms with Crippen molar-refractivity contribution in [1.29, 1.82) is 0 Å². The van der Waals surface area contributed by atoms with E-state index in [0.29, 0.717) is 25.7 Å². The number of rotatable bonds is 24. The maximum atomic E-state index is 12.9. The quantitative estimate of drug-likeness (QED) is 0.0247. The van der Waals surface area contributed by atoms with Gasteiger partial charge in [-0.15, -0.1) is 0 Å². The number of amides is 2. The number of alkyl carbamates (subject to hydrolysis) is 1. The topological polar surface area (TPSA) is 368 Å². The maximum absolute atomic E-state index is 12.9. The molecule has 0 aromatic carbocycles. The lowest BCUT2D eigenvalue weighted by Gasteiger charge is -2.51. The number of ether oxygens (including phenoxy) is 8. The Morgan fingerprint density at radius 1 is 0.852 bits per heavy atom. The van der Waals surface area contributed by atoms with Crippen molar-refractivity contribution >= 4 is 23.9 Å². The number of nitrogens with one attached hydrogen (secondary N) is 2. The van der Waals surface area contributed by atoms with Gasteiger partial charge in [-0.05, 0) is 12.8 Å². The number of hydrogen-bond acceptors (Lipinski definition) is 21. The van der Waals surface area contributed by atoms with E-state index >= 15 is 0 Å². The van der Waals surface area contributed by atoms with Crippen LogP contribution in [-0.2, 0) is 52.3 Å². The smallest absolute Gasteiger partial charge is 0.407 e. The largest absolute Gasteiger partial charge is 0.477 e. The van der Waals surface area contributed by atoms with Crippen LogP contribution in [0.15, 0.2) is 12.7 Å². The van der Waals surface area contributed by atoms with E-state index in [0.717, 1.165) is 26.2 Å². The minimum Gasteiger partial charge on any atom is -0.477 e. The molecule has 3 rings (SSSR count). The van der Waals surface area contributed by atoms with Gasteiger partial charge in [0.05, 0.1) is 39.1 Å². The van der Waals surface area contributed by atoms with E-state index in [1.165, 1.54) is 13.2 Å². The summed E-state index contributed by atoms with van der Waals surface area (Å²) in [6.45, 7) is 1.43. The van der Waals surface area contributed by atoms with Gasteiger partial charge in [-0.2, -0.15) is 0 Å². The lowest BCUT2D eigenvalue weighted by molar-refractivity contribution is -0.381. The lowest BCUT2D eigenvalue weighted by Crippen LogP contribution is -2.71. The average Bonchev–Trinajstić information content (AvgIpc) is 3.23. The Hall–Kier alpha value is -3.18. The highest BCUT2D eigenvalue weighted by molar-refractivity contribution is 5.76. The normalized spacial score (nSPS) is 35.0. The van der Waals surface area contributed by atoms with E-state index in [1.807, 2.05) is 0 Å². The molecule has 0 bridgehead atoms. The molecule has 0 spiro atoms. The first kappa shape index (κ1) is 52.2. The van der Waals surface area contributed by atoms with Crippen LogP contribution in [0.25, 0.3) is 0 Å². The van der Waals surface area contributed by atoms with E-state index in [1.54, 1.807) is 0 Å². The molecule has 352 valence electrons. The molecule has 16 atom stereocenters. The average molecular weight is 887 g/mol. The fourth-order valence-corrected chi connectivity index (χ4v) is 7.15. The maximum Gasteiger partial charge on any atom is 0.407 e. The van der Waals surface area contributed by atoms with Gasteiger partial charge >= 0.3 is 18.0 Å². The molecule has 3 saturated heterocycles. The SMILES string of the molecule is C=CCOC(=O)NC1C(OC2OC(CO)[C@H](O)C(O[C@]3(C(=O)O)CC(O)[C@@H](NC(C)=O)C(C(O)C(O)CO)O3)C2O)[C@H](O)C(CO)O[C@H]1OCCCCCCCCC(=O)OC. The fourth-order valence-electron chi connectivity index (χ4n) is 7.15. The van der Waals surface area contributed by atoms with Crippen LogP contribution in [0.2, 0.25) is 0 Å². The van der Waals surface area contributed by atoms with Gasteiger partial charge in [0.25, 0.3) is 5.79 Å². The van der Waals surface area contributed by atoms with Gasteiger partial charge in [0.1, 0.15) is 73.7 Å². The summed E-state index contributed by atoms with van der Waals surface area (Å²) in [4.78, 5) is 49.0. The number of carboxylic acid groups (broad SMARTS) is 1. The van der Waals surface area contributed by atoms with E-state index in [9.17, 15) is 70.2 Å². The Morgan fingerprint density at radius 2 is 1.46 bits per heavy atom. The second kappa shape index (κ2) is 25.2. The molecular weight excluding hydrogens is 824 g/mol. The summed E-state index contributed by atoms with van der Waals surface area (Å²) in [5.74, 6) is -6.12. The molecule has 12 N–H and O–H groups in total. The predicted octanol–water partition coefficient (Wildman–Crippen LogP) is -4.38. The molecule has 24 heteroatoms. The molecule has 61 heavy (non-hydrogen) atoms. The molecule has 11 unspecified atom stereocenters. The Kier molecular flexibility index (Phi) is 21.5. The standard InChI is InChI=1S/C37H62N2O22/c1-4-12-56-36(53)39-25-30(27(48)21(16-41)57-33(25)55-13-10-8-6-5-7-9-11-23(46)54-3)59-34-29(50)32(28(49)22(17-42)58-34)61-37(35(51)52)14-19(44)24(38-18(2)43)31(60-37)26(47)20(45)15-40/h4,19-22,24-34,40-42,44-45,47-50H,1,5-17H2,2-3H3,(H,38,43)(H,39,53)(H,51,52)/t19?,20?,21?,22?,24-,25?,26?,27-,28+,29?,30?,31?,32?,33-,34?,37+/m1/s1. The van der Waals surface area contributed by atoms with Gasteiger partial charge in [-0.3, -0.25) is 9.59 Å². The number of carboxylic acids is 1. The Labute approximate surface area is 351 Å². The van der Waals surface area contributed by atoms with Gasteiger partial charge in [0.15, 0.2) is 12.6 Å². The zero-order valence-corrected chi connectivity index (χ0v) is 34.0. The number of methoxy groups -OCH3 is 1. The number of esters is 1. The molecule has 0 aromatic rings. The zero-order valence-electron chi connectivity index (χ0n) is 34.0. The van der Waals surface area contributed by atoms with Gasteiger partial charge in [0, 0.05) is 26.4 Å². The van der Waals surface area contributed by atoms with Crippen LogP contribution in [0.5, 0.6) is 0 Å². The van der Waals surface area contributed by atoms with E-state index < -0.39 is 142 Å². The minimum atomic E-state index is -3.08. The summed E-state index contributed by atoms with van der Waals surface area (Å²) >= 11 is 0. The number of carbonyl (C=O) groups excluding carboxylic acids is 3. The summed E-state index contributed by atoms with van der Waals surface area (Å²) in [5.41, 5.74) is 0. The number of unbranched alkanes of at least 4 members (excludes halogenated alkanes) is 5. The van der Waals surface area contributed by atoms with Gasteiger partial charge in [0.2, 0.25) is 5.91 Å². The van der Waals surface area contributed by atoms with Crippen molar-refractivity contribution in [2.75, 3.05) is 40.1 Å². The number of aliphatic carboxylic acids is 1. The molecule has 0 saturated carbocycles. The van der Waals surface area contributed by atoms with Gasteiger partial charge in [-0.25, -0.2) is 9.59 Å². The first-order valence-electron chi connectivity index (χ1n) is 19.9. The second-order valence-electron chi connectivity index (χ2n) is 14.9. The first-order chi connectivity index (χ1) is 29.0. The summed E-state index contributed by atoms with van der Waals surface area (Å²) in [6, 6.07) is -3.07. The van der Waals surface area contributed by atoms with Crippen molar-refractivity contribution in [2.45, 2.75) is 156 Å². The third kappa shape index (κ3) is 14.2. The Bertz CT molecular complexity index is 1400. The Balaban J connectivity index is 1.89. The third-order valence-electron chi connectivity index (χ3n) is 10.4. The number of aliphatic hydroxyl groups is 9. The number of carbonyl (C=O) groups is 4. The molecule has 0 aromatic heterocycles. The van der Waals surface area contributed by atoms with Crippen LogP contribution in [0.3, 0.4) is 0 Å². The fraction of sp³-hybridized carbons (Fsp3) is 0.838. The van der Waals surface area contributed by atoms with Crippen LogP contribution in [0.1, 0.15) is 58.3 Å². The number of hydrogen-bond donors (Lipinski definition) is 12. The molecular formula is C37H62N2O22.